The summed E-state index contributed by atoms with van der Waals surface area (Å²) < 4.78 is 31.8. The number of hydrogen-bond acceptors (Lipinski definition) is 6. The molecule has 1 fully saturated rings. The Morgan fingerprint density at radius 2 is 1.68 bits per heavy atom. The van der Waals surface area contributed by atoms with E-state index in [-0.39, 0.29) is 10.5 Å². The maximum Gasteiger partial charge on any atom is 0.339 e. The number of benzene rings is 1. The van der Waals surface area contributed by atoms with Gasteiger partial charge >= 0.3 is 5.97 Å². The summed E-state index contributed by atoms with van der Waals surface area (Å²) in [5, 5.41) is 13.5. The standard InChI is InChI=1S/C18H19N3O6S/c22-17(13-27-18(23)14-7-11-20(24)12-8-14)19-15-3-5-16(6-4-15)28(25,26)21-9-1-2-10-21/h3-8,11-12H,1-2,9-10,13H2,(H,19,22). The Labute approximate surface area is 162 Å². The van der Waals surface area contributed by atoms with E-state index in [2.05, 4.69) is 5.32 Å². The molecule has 2 aromatic rings. The molecule has 1 aliphatic rings. The molecule has 148 valence electrons. The van der Waals surface area contributed by atoms with Gasteiger partial charge in [0.1, 0.15) is 0 Å². The van der Waals surface area contributed by atoms with E-state index in [0.29, 0.717) is 23.5 Å². The van der Waals surface area contributed by atoms with Gasteiger partial charge in [0.05, 0.1) is 10.5 Å². The number of ether oxygens (including phenoxy) is 1. The van der Waals surface area contributed by atoms with Gasteiger partial charge in [0.25, 0.3) is 5.91 Å². The summed E-state index contributed by atoms with van der Waals surface area (Å²) in [5.74, 6) is -1.30. The Balaban J connectivity index is 1.54. The Bertz CT molecular complexity index is 952. The molecule has 0 unspecified atom stereocenters. The highest BCUT2D eigenvalue weighted by atomic mass is 32.2. The molecule has 0 spiro atoms. The van der Waals surface area contributed by atoms with Crippen LogP contribution in [0.25, 0.3) is 0 Å². The first-order valence-electron chi connectivity index (χ1n) is 8.62. The Kier molecular flexibility index (Phi) is 5.90. The molecule has 1 saturated heterocycles. The molecule has 0 saturated carbocycles. The third-order valence-corrected chi connectivity index (χ3v) is 6.13. The van der Waals surface area contributed by atoms with E-state index in [1.54, 1.807) is 0 Å². The van der Waals surface area contributed by atoms with Crippen molar-refractivity contribution in [2.75, 3.05) is 25.0 Å². The number of anilines is 1. The molecule has 0 radical (unpaired) electrons. The number of hydrogen-bond donors (Lipinski definition) is 1. The van der Waals surface area contributed by atoms with Crippen LogP contribution in [0.5, 0.6) is 0 Å². The number of esters is 1. The van der Waals surface area contributed by atoms with E-state index in [9.17, 15) is 23.2 Å². The molecule has 1 aromatic carbocycles. The summed E-state index contributed by atoms with van der Waals surface area (Å²) >= 11 is 0. The molecule has 1 aliphatic heterocycles. The quantitative estimate of drug-likeness (QED) is 0.433. The molecule has 10 heteroatoms. The summed E-state index contributed by atoms with van der Waals surface area (Å²) in [6, 6.07) is 8.38. The zero-order chi connectivity index (χ0) is 20.1. The van der Waals surface area contributed by atoms with Crippen LogP contribution in [0.3, 0.4) is 0 Å². The van der Waals surface area contributed by atoms with Crippen molar-refractivity contribution in [2.45, 2.75) is 17.7 Å². The largest absolute Gasteiger partial charge is 0.619 e. The SMILES string of the molecule is O=C(COC(=O)c1cc[n+]([O-])cc1)Nc1ccc(S(=O)(=O)N2CCCC2)cc1. The first-order valence-corrected chi connectivity index (χ1v) is 10.1. The third kappa shape index (κ3) is 4.65. The van der Waals surface area contributed by atoms with E-state index < -0.39 is 28.5 Å². The molecule has 3 rings (SSSR count). The first kappa shape index (κ1) is 19.8. The predicted molar refractivity (Wildman–Crippen MR) is 98.7 cm³/mol. The second kappa shape index (κ2) is 8.36. The average Bonchev–Trinajstić information content (AvgIpc) is 3.23. The van der Waals surface area contributed by atoms with Crippen molar-refractivity contribution in [1.29, 1.82) is 0 Å². The van der Waals surface area contributed by atoms with Crippen molar-refractivity contribution < 1.29 is 27.5 Å². The number of rotatable bonds is 6. The Hall–Kier alpha value is -2.98. The van der Waals surface area contributed by atoms with Crippen LogP contribution in [0.1, 0.15) is 23.2 Å². The maximum atomic E-state index is 12.5. The van der Waals surface area contributed by atoms with E-state index in [4.69, 9.17) is 4.74 Å². The van der Waals surface area contributed by atoms with Crippen LogP contribution in [0, 0.1) is 5.21 Å². The molecule has 28 heavy (non-hydrogen) atoms. The highest BCUT2D eigenvalue weighted by Crippen LogP contribution is 2.22. The molecule has 1 aromatic heterocycles. The minimum atomic E-state index is -3.51. The molecule has 0 atom stereocenters. The van der Waals surface area contributed by atoms with Crippen LogP contribution in [0.4, 0.5) is 5.69 Å². The monoisotopic (exact) mass is 405 g/mol. The number of nitrogens with zero attached hydrogens (tertiary/aromatic N) is 2. The second-order valence-corrected chi connectivity index (χ2v) is 8.14. The van der Waals surface area contributed by atoms with Gasteiger partial charge in [-0.1, -0.05) is 0 Å². The lowest BCUT2D eigenvalue weighted by Gasteiger charge is -2.15. The minimum absolute atomic E-state index is 0.149. The van der Waals surface area contributed by atoms with Crippen LogP contribution in [-0.4, -0.2) is 44.3 Å². The first-order chi connectivity index (χ1) is 13.4. The zero-order valence-electron chi connectivity index (χ0n) is 14.9. The van der Waals surface area contributed by atoms with Gasteiger partial charge in [0, 0.05) is 30.9 Å². The molecule has 1 N–H and O–H groups in total. The molecule has 1 amide bonds. The summed E-state index contributed by atoms with van der Waals surface area (Å²) in [7, 11) is -3.51. The van der Waals surface area contributed by atoms with Crippen molar-refractivity contribution in [3.63, 3.8) is 0 Å². The van der Waals surface area contributed by atoms with E-state index in [1.807, 2.05) is 0 Å². The summed E-state index contributed by atoms with van der Waals surface area (Å²) in [6.45, 7) is 0.518. The van der Waals surface area contributed by atoms with Gasteiger partial charge in [0.2, 0.25) is 10.0 Å². The maximum absolute atomic E-state index is 12.5. The zero-order valence-corrected chi connectivity index (χ0v) is 15.7. The number of sulfonamides is 1. The number of amides is 1. The summed E-state index contributed by atoms with van der Waals surface area (Å²) in [4.78, 5) is 23.9. The summed E-state index contributed by atoms with van der Waals surface area (Å²) in [6.07, 6.45) is 4.00. The third-order valence-electron chi connectivity index (χ3n) is 4.21. The number of carbonyl (C=O) groups excluding carboxylic acids is 2. The smallest absolute Gasteiger partial charge is 0.339 e. The number of nitrogens with one attached hydrogen (secondary N) is 1. The highest BCUT2D eigenvalue weighted by Gasteiger charge is 2.26. The van der Waals surface area contributed by atoms with Gasteiger partial charge in [-0.25, -0.2) is 13.2 Å². The van der Waals surface area contributed by atoms with Crippen molar-refractivity contribution in [3.8, 4) is 0 Å². The highest BCUT2D eigenvalue weighted by molar-refractivity contribution is 7.89. The molecular formula is C18H19N3O6S. The molecular weight excluding hydrogens is 386 g/mol. The number of carbonyl (C=O) groups is 2. The molecule has 0 bridgehead atoms. The van der Waals surface area contributed by atoms with Gasteiger partial charge in [-0.2, -0.15) is 9.04 Å². The number of pyridine rings is 1. The molecule has 2 heterocycles. The lowest BCUT2D eigenvalue weighted by atomic mass is 10.3. The Morgan fingerprint density at radius 1 is 1.07 bits per heavy atom. The van der Waals surface area contributed by atoms with E-state index in [0.717, 1.165) is 25.2 Å². The predicted octanol–water partition coefficient (Wildman–Crippen LogP) is 0.900. The van der Waals surface area contributed by atoms with E-state index >= 15 is 0 Å². The van der Waals surface area contributed by atoms with Gasteiger partial charge in [0.15, 0.2) is 19.0 Å². The summed E-state index contributed by atoms with van der Waals surface area (Å²) in [5.41, 5.74) is 0.532. The van der Waals surface area contributed by atoms with Crippen molar-refractivity contribution in [3.05, 3.63) is 59.6 Å². The average molecular weight is 405 g/mol. The normalized spacial score (nSPS) is 14.6. The van der Waals surface area contributed by atoms with Gasteiger partial charge in [-0.15, -0.1) is 0 Å². The van der Waals surface area contributed by atoms with Crippen molar-refractivity contribution >= 4 is 27.6 Å². The van der Waals surface area contributed by atoms with Gasteiger partial charge < -0.3 is 15.3 Å². The fourth-order valence-electron chi connectivity index (χ4n) is 2.75. The topological polar surface area (TPSA) is 120 Å². The van der Waals surface area contributed by atoms with Crippen molar-refractivity contribution in [2.24, 2.45) is 0 Å². The van der Waals surface area contributed by atoms with Crippen LogP contribution in [-0.2, 0) is 19.6 Å². The second-order valence-electron chi connectivity index (χ2n) is 6.21. The lowest BCUT2D eigenvalue weighted by Crippen LogP contribution is -2.27. The van der Waals surface area contributed by atoms with Gasteiger partial charge in [-0.05, 0) is 37.1 Å². The van der Waals surface area contributed by atoms with E-state index in [1.165, 1.54) is 40.7 Å². The minimum Gasteiger partial charge on any atom is -0.619 e. The number of aromatic nitrogens is 1. The fourth-order valence-corrected chi connectivity index (χ4v) is 4.27. The van der Waals surface area contributed by atoms with Crippen LogP contribution < -0.4 is 10.0 Å². The fraction of sp³-hybridized carbons (Fsp3) is 0.278. The molecule has 9 nitrogen and oxygen atoms in total. The van der Waals surface area contributed by atoms with Crippen LogP contribution >= 0.6 is 0 Å². The molecule has 0 aliphatic carbocycles. The lowest BCUT2D eigenvalue weighted by molar-refractivity contribution is -0.605. The Morgan fingerprint density at radius 3 is 2.29 bits per heavy atom. The van der Waals surface area contributed by atoms with Crippen molar-refractivity contribution in [1.82, 2.24) is 4.31 Å². The van der Waals surface area contributed by atoms with Gasteiger partial charge in [-0.3, -0.25) is 4.79 Å². The van der Waals surface area contributed by atoms with Crippen LogP contribution in [0.2, 0.25) is 0 Å². The van der Waals surface area contributed by atoms with Crippen LogP contribution in [0.15, 0.2) is 53.7 Å².